The van der Waals surface area contributed by atoms with Crippen LogP contribution in [0.2, 0.25) is 0 Å². The lowest BCUT2D eigenvalue weighted by Crippen LogP contribution is -2.36. The number of hydrogen-bond donors (Lipinski definition) is 1. The van der Waals surface area contributed by atoms with Gasteiger partial charge in [0.25, 0.3) is 5.91 Å². The van der Waals surface area contributed by atoms with Crippen molar-refractivity contribution in [2.45, 2.75) is 38.6 Å². The van der Waals surface area contributed by atoms with Crippen LogP contribution in [0.5, 0.6) is 0 Å². The summed E-state index contributed by atoms with van der Waals surface area (Å²) < 4.78 is 1.58. The molecule has 2 aromatic rings. The van der Waals surface area contributed by atoms with Gasteiger partial charge in [0.15, 0.2) is 5.69 Å². The van der Waals surface area contributed by atoms with E-state index in [1.807, 2.05) is 17.0 Å². The van der Waals surface area contributed by atoms with Gasteiger partial charge in [-0.25, -0.2) is 0 Å². The average Bonchev–Trinajstić information content (AvgIpc) is 3.31. The molecule has 136 valence electrons. The Bertz CT molecular complexity index is 836. The van der Waals surface area contributed by atoms with Crippen LogP contribution in [0.15, 0.2) is 30.3 Å². The minimum absolute atomic E-state index is 0.0383. The quantitative estimate of drug-likeness (QED) is 0.924. The van der Waals surface area contributed by atoms with Crippen molar-refractivity contribution in [2.75, 3.05) is 11.9 Å². The van der Waals surface area contributed by atoms with Crippen molar-refractivity contribution in [1.29, 1.82) is 0 Å². The minimum Gasteiger partial charge on any atom is -0.333 e. The van der Waals surface area contributed by atoms with Crippen molar-refractivity contribution in [3.63, 3.8) is 0 Å². The van der Waals surface area contributed by atoms with Crippen LogP contribution in [0.4, 0.5) is 5.82 Å². The number of carbonyl (C=O) groups is 2. The van der Waals surface area contributed by atoms with Crippen LogP contribution >= 0.6 is 0 Å². The molecule has 1 aromatic carbocycles. The molecule has 0 saturated heterocycles. The fraction of sp³-hybridized carbons (Fsp3) is 0.450. The zero-order valence-electron chi connectivity index (χ0n) is 15.1. The van der Waals surface area contributed by atoms with Crippen LogP contribution < -0.4 is 5.32 Å². The third-order valence-corrected chi connectivity index (χ3v) is 5.49. The van der Waals surface area contributed by atoms with Gasteiger partial charge < -0.3 is 10.2 Å². The van der Waals surface area contributed by atoms with Crippen LogP contribution in [0.3, 0.4) is 0 Å². The van der Waals surface area contributed by atoms with Gasteiger partial charge in [-0.1, -0.05) is 37.1 Å². The summed E-state index contributed by atoms with van der Waals surface area (Å²) in [5.74, 6) is 0.623. The number of amides is 2. The molecular formula is C20H24N4O2. The van der Waals surface area contributed by atoms with E-state index in [1.165, 1.54) is 11.1 Å². The number of aromatic nitrogens is 2. The zero-order chi connectivity index (χ0) is 18.1. The fourth-order valence-electron chi connectivity index (χ4n) is 3.94. The molecule has 0 bridgehead atoms. The number of fused-ring (bicyclic) bond motifs is 1. The number of aryl methyl sites for hydroxylation is 1. The van der Waals surface area contributed by atoms with Gasteiger partial charge in [-0.05, 0) is 30.4 Å². The Kier molecular flexibility index (Phi) is 4.49. The second kappa shape index (κ2) is 6.94. The first-order chi connectivity index (χ1) is 12.6. The Labute approximate surface area is 153 Å². The number of rotatable bonds is 3. The van der Waals surface area contributed by atoms with Crippen molar-refractivity contribution < 1.29 is 9.59 Å². The highest BCUT2D eigenvalue weighted by Crippen LogP contribution is 2.26. The van der Waals surface area contributed by atoms with E-state index >= 15 is 0 Å². The molecule has 0 spiro atoms. The van der Waals surface area contributed by atoms with Gasteiger partial charge >= 0.3 is 0 Å². The second-order valence-electron chi connectivity index (χ2n) is 7.25. The van der Waals surface area contributed by atoms with Crippen LogP contribution in [0.25, 0.3) is 0 Å². The predicted octanol–water partition coefficient (Wildman–Crippen LogP) is 2.75. The van der Waals surface area contributed by atoms with E-state index in [1.54, 1.807) is 17.8 Å². The standard InChI is InChI=1S/C20H24N4O2/c1-23-18(21-19(25)15-7-3-4-8-15)12-17(22-23)20(26)24-11-10-14-6-2-5-9-16(14)13-24/h2,5-6,9,12,15H,3-4,7-8,10-11,13H2,1H3,(H,21,25). The Morgan fingerprint density at radius 1 is 1.15 bits per heavy atom. The molecule has 0 radical (unpaired) electrons. The molecule has 6 nitrogen and oxygen atoms in total. The van der Waals surface area contributed by atoms with Gasteiger partial charge in [0.2, 0.25) is 5.91 Å². The molecule has 1 aliphatic carbocycles. The SMILES string of the molecule is Cn1nc(C(=O)N2CCc3ccccc3C2)cc1NC(=O)C1CCCC1. The highest BCUT2D eigenvalue weighted by molar-refractivity contribution is 5.96. The molecule has 26 heavy (non-hydrogen) atoms. The molecule has 1 aromatic heterocycles. The molecule has 2 heterocycles. The summed E-state index contributed by atoms with van der Waals surface area (Å²) in [7, 11) is 1.76. The van der Waals surface area contributed by atoms with Crippen LogP contribution in [0.1, 0.15) is 47.3 Å². The van der Waals surface area contributed by atoms with Crippen molar-refractivity contribution in [2.24, 2.45) is 13.0 Å². The van der Waals surface area contributed by atoms with Gasteiger partial charge in [-0.2, -0.15) is 5.10 Å². The lowest BCUT2D eigenvalue weighted by molar-refractivity contribution is -0.119. The van der Waals surface area contributed by atoms with Crippen molar-refractivity contribution in [1.82, 2.24) is 14.7 Å². The van der Waals surface area contributed by atoms with Gasteiger partial charge in [0, 0.05) is 32.1 Å². The van der Waals surface area contributed by atoms with E-state index < -0.39 is 0 Å². The first-order valence-electron chi connectivity index (χ1n) is 9.33. The van der Waals surface area contributed by atoms with Crippen molar-refractivity contribution in [3.05, 3.63) is 47.2 Å². The highest BCUT2D eigenvalue weighted by atomic mass is 16.2. The maximum absolute atomic E-state index is 12.9. The summed E-state index contributed by atoms with van der Waals surface area (Å²) in [6.07, 6.45) is 4.98. The maximum Gasteiger partial charge on any atom is 0.274 e. The van der Waals surface area contributed by atoms with Gasteiger partial charge in [-0.15, -0.1) is 0 Å². The third-order valence-electron chi connectivity index (χ3n) is 5.49. The molecule has 1 fully saturated rings. The molecule has 0 unspecified atom stereocenters. The molecule has 1 N–H and O–H groups in total. The summed E-state index contributed by atoms with van der Waals surface area (Å²) in [5.41, 5.74) is 2.88. The van der Waals surface area contributed by atoms with E-state index in [4.69, 9.17) is 0 Å². The number of nitrogens with zero attached hydrogens (tertiary/aromatic N) is 3. The molecule has 1 saturated carbocycles. The average molecular weight is 352 g/mol. The molecule has 6 heteroatoms. The highest BCUT2D eigenvalue weighted by Gasteiger charge is 2.26. The topological polar surface area (TPSA) is 67.2 Å². The minimum atomic E-state index is -0.0866. The first-order valence-corrected chi connectivity index (χ1v) is 9.33. The Balaban J connectivity index is 1.46. The predicted molar refractivity (Wildman–Crippen MR) is 98.7 cm³/mol. The monoisotopic (exact) mass is 352 g/mol. The largest absolute Gasteiger partial charge is 0.333 e. The van der Waals surface area contributed by atoms with E-state index in [0.29, 0.717) is 24.6 Å². The smallest absolute Gasteiger partial charge is 0.274 e. The maximum atomic E-state index is 12.9. The first kappa shape index (κ1) is 16.8. The Morgan fingerprint density at radius 2 is 1.88 bits per heavy atom. The summed E-state index contributed by atoms with van der Waals surface area (Å²) in [6.45, 7) is 1.30. The lowest BCUT2D eigenvalue weighted by Gasteiger charge is -2.28. The fourth-order valence-corrected chi connectivity index (χ4v) is 3.94. The van der Waals surface area contributed by atoms with E-state index in [2.05, 4.69) is 22.5 Å². The third kappa shape index (κ3) is 3.23. The number of benzene rings is 1. The van der Waals surface area contributed by atoms with Gasteiger partial charge in [0.1, 0.15) is 5.82 Å². The number of hydrogen-bond acceptors (Lipinski definition) is 3. The number of nitrogens with one attached hydrogen (secondary N) is 1. The Morgan fingerprint density at radius 3 is 2.65 bits per heavy atom. The summed E-state index contributed by atoms with van der Waals surface area (Å²) >= 11 is 0. The van der Waals surface area contributed by atoms with Crippen LogP contribution in [-0.2, 0) is 24.8 Å². The molecule has 0 atom stereocenters. The summed E-state index contributed by atoms with van der Waals surface area (Å²) in [6, 6.07) is 9.92. The van der Waals surface area contributed by atoms with Crippen molar-refractivity contribution in [3.8, 4) is 0 Å². The molecule has 2 amide bonds. The summed E-state index contributed by atoms with van der Waals surface area (Å²) in [5, 5.41) is 7.27. The van der Waals surface area contributed by atoms with E-state index in [0.717, 1.165) is 32.1 Å². The van der Waals surface area contributed by atoms with Crippen LogP contribution in [-0.4, -0.2) is 33.0 Å². The normalized spacial score (nSPS) is 17.2. The van der Waals surface area contributed by atoms with Gasteiger partial charge in [-0.3, -0.25) is 14.3 Å². The number of carbonyl (C=O) groups excluding carboxylic acids is 2. The van der Waals surface area contributed by atoms with Gasteiger partial charge in [0.05, 0.1) is 0 Å². The van der Waals surface area contributed by atoms with Crippen molar-refractivity contribution >= 4 is 17.6 Å². The summed E-state index contributed by atoms with van der Waals surface area (Å²) in [4.78, 5) is 27.0. The molecular weight excluding hydrogens is 328 g/mol. The second-order valence-corrected chi connectivity index (χ2v) is 7.25. The zero-order valence-corrected chi connectivity index (χ0v) is 15.1. The van der Waals surface area contributed by atoms with Crippen LogP contribution in [0, 0.1) is 5.92 Å². The molecule has 1 aliphatic heterocycles. The molecule has 4 rings (SSSR count). The van der Waals surface area contributed by atoms with E-state index in [-0.39, 0.29) is 17.7 Å². The number of anilines is 1. The molecule has 2 aliphatic rings. The lowest BCUT2D eigenvalue weighted by atomic mass is 10.00. The van der Waals surface area contributed by atoms with E-state index in [9.17, 15) is 9.59 Å². The Hall–Kier alpha value is -2.63.